The average Bonchev–Trinajstić information content (AvgIpc) is 3.17. The number of carbonyl (C=O) groups excluding carboxylic acids is 1. The Morgan fingerprint density at radius 1 is 1.06 bits per heavy atom. The van der Waals surface area contributed by atoms with Gasteiger partial charge in [0.25, 0.3) is 5.91 Å². The summed E-state index contributed by atoms with van der Waals surface area (Å²) in [6, 6.07) is 22.7. The first kappa shape index (κ1) is 21.9. The normalized spacial score (nSPS) is 12.0. The number of hydrogen-bond donors (Lipinski definition) is 1. The lowest BCUT2D eigenvalue weighted by atomic mass is 10.1. The minimum Gasteiger partial charge on any atom is -0.494 e. The predicted octanol–water partition coefficient (Wildman–Crippen LogP) is 5.96. The lowest BCUT2D eigenvalue weighted by Crippen LogP contribution is -2.29. The third kappa shape index (κ3) is 4.94. The fraction of sp³-hybridized carbons (Fsp3) is 0.231. The third-order valence-electron chi connectivity index (χ3n) is 5.42. The van der Waals surface area contributed by atoms with Gasteiger partial charge < -0.3 is 14.6 Å². The Bertz CT molecular complexity index is 1220. The lowest BCUT2D eigenvalue weighted by Gasteiger charge is -2.17. The van der Waals surface area contributed by atoms with Crippen molar-refractivity contribution in [1.29, 1.82) is 0 Å². The second-order valence-corrected chi connectivity index (χ2v) is 8.21. The van der Waals surface area contributed by atoms with Crippen LogP contribution in [-0.4, -0.2) is 22.1 Å². The van der Waals surface area contributed by atoms with Gasteiger partial charge in [0.1, 0.15) is 11.6 Å². The van der Waals surface area contributed by atoms with Gasteiger partial charge in [-0.15, -0.1) is 0 Å². The standard InChI is InChI=1S/C26H26ClN3O2/c1-18-8-3-4-9-22(18)26(31)28-19(2)25-29-23-10-5-6-11-24(23)30(25)16-7-17-32-21-14-12-20(27)13-15-21/h3-6,8-15,19H,7,16-17H2,1-2H3,(H,28,31). The molecule has 5 nitrogen and oxygen atoms in total. The van der Waals surface area contributed by atoms with Crippen LogP contribution >= 0.6 is 11.6 Å². The molecule has 4 rings (SSSR count). The van der Waals surface area contributed by atoms with E-state index in [2.05, 4.69) is 16.0 Å². The SMILES string of the molecule is Cc1ccccc1C(=O)NC(C)c1nc2ccccc2n1CCCOc1ccc(Cl)cc1. The molecular weight excluding hydrogens is 422 g/mol. The number of aromatic nitrogens is 2. The smallest absolute Gasteiger partial charge is 0.252 e. The molecule has 1 amide bonds. The van der Waals surface area contributed by atoms with E-state index in [0.717, 1.165) is 41.1 Å². The van der Waals surface area contributed by atoms with E-state index in [4.69, 9.17) is 21.3 Å². The summed E-state index contributed by atoms with van der Waals surface area (Å²) in [7, 11) is 0. The minimum absolute atomic E-state index is 0.0970. The van der Waals surface area contributed by atoms with Gasteiger partial charge in [0, 0.05) is 17.1 Å². The van der Waals surface area contributed by atoms with Gasteiger partial charge in [0.05, 0.1) is 23.7 Å². The zero-order chi connectivity index (χ0) is 22.5. The topological polar surface area (TPSA) is 56.2 Å². The summed E-state index contributed by atoms with van der Waals surface area (Å²) in [5.41, 5.74) is 3.59. The molecule has 164 valence electrons. The van der Waals surface area contributed by atoms with E-state index in [0.29, 0.717) is 17.2 Å². The molecule has 0 spiro atoms. The van der Waals surface area contributed by atoms with Gasteiger partial charge in [-0.05, 0) is 68.3 Å². The number of fused-ring (bicyclic) bond motifs is 1. The van der Waals surface area contributed by atoms with Crippen LogP contribution in [-0.2, 0) is 6.54 Å². The zero-order valence-electron chi connectivity index (χ0n) is 18.2. The molecule has 1 atom stereocenters. The van der Waals surface area contributed by atoms with Crippen molar-refractivity contribution in [2.45, 2.75) is 32.9 Å². The Morgan fingerprint density at radius 3 is 2.56 bits per heavy atom. The van der Waals surface area contributed by atoms with E-state index in [-0.39, 0.29) is 11.9 Å². The van der Waals surface area contributed by atoms with E-state index in [1.807, 2.05) is 80.6 Å². The molecule has 0 fully saturated rings. The highest BCUT2D eigenvalue weighted by Crippen LogP contribution is 2.22. The lowest BCUT2D eigenvalue weighted by molar-refractivity contribution is 0.0937. The molecule has 4 aromatic rings. The Kier molecular flexibility index (Phi) is 6.76. The number of imidazole rings is 1. The number of nitrogens with zero attached hydrogens (tertiary/aromatic N) is 2. The molecule has 0 saturated carbocycles. The van der Waals surface area contributed by atoms with Crippen molar-refractivity contribution >= 4 is 28.5 Å². The van der Waals surface area contributed by atoms with E-state index in [1.54, 1.807) is 0 Å². The van der Waals surface area contributed by atoms with Crippen LogP contribution in [0.2, 0.25) is 5.02 Å². The molecule has 6 heteroatoms. The molecule has 0 aliphatic rings. The molecule has 1 N–H and O–H groups in total. The Balaban J connectivity index is 1.48. The number of aryl methyl sites for hydroxylation is 2. The van der Waals surface area contributed by atoms with Crippen LogP contribution in [0.4, 0.5) is 0 Å². The van der Waals surface area contributed by atoms with Crippen molar-refractivity contribution in [2.75, 3.05) is 6.61 Å². The summed E-state index contributed by atoms with van der Waals surface area (Å²) in [6.45, 7) is 5.21. The molecule has 0 radical (unpaired) electrons. The van der Waals surface area contributed by atoms with Crippen LogP contribution < -0.4 is 10.1 Å². The van der Waals surface area contributed by atoms with E-state index in [9.17, 15) is 4.79 Å². The number of hydrogen-bond acceptors (Lipinski definition) is 3. The van der Waals surface area contributed by atoms with Crippen LogP contribution in [0, 0.1) is 6.92 Å². The van der Waals surface area contributed by atoms with E-state index < -0.39 is 0 Å². The Labute approximate surface area is 193 Å². The maximum Gasteiger partial charge on any atom is 0.252 e. The van der Waals surface area contributed by atoms with E-state index in [1.165, 1.54) is 0 Å². The first-order valence-electron chi connectivity index (χ1n) is 10.7. The van der Waals surface area contributed by atoms with Crippen molar-refractivity contribution in [3.63, 3.8) is 0 Å². The summed E-state index contributed by atoms with van der Waals surface area (Å²) in [6.07, 6.45) is 0.800. The summed E-state index contributed by atoms with van der Waals surface area (Å²) in [5.74, 6) is 1.53. The van der Waals surface area contributed by atoms with Gasteiger partial charge >= 0.3 is 0 Å². The van der Waals surface area contributed by atoms with Gasteiger partial charge in [0.15, 0.2) is 0 Å². The summed E-state index contributed by atoms with van der Waals surface area (Å²) >= 11 is 5.93. The highest BCUT2D eigenvalue weighted by atomic mass is 35.5. The van der Waals surface area contributed by atoms with Gasteiger partial charge in [-0.25, -0.2) is 4.98 Å². The second-order valence-electron chi connectivity index (χ2n) is 7.78. The van der Waals surface area contributed by atoms with Crippen LogP contribution in [0.15, 0.2) is 72.8 Å². The molecule has 0 aliphatic carbocycles. The molecule has 0 saturated heterocycles. The predicted molar refractivity (Wildman–Crippen MR) is 128 cm³/mol. The van der Waals surface area contributed by atoms with Crippen molar-refractivity contribution in [3.05, 3.63) is 94.8 Å². The highest BCUT2D eigenvalue weighted by Gasteiger charge is 2.19. The zero-order valence-corrected chi connectivity index (χ0v) is 19.0. The van der Waals surface area contributed by atoms with Gasteiger partial charge in [-0.2, -0.15) is 0 Å². The quantitative estimate of drug-likeness (QED) is 0.339. The number of halogens is 1. The second kappa shape index (κ2) is 9.88. The number of ether oxygens (including phenoxy) is 1. The molecule has 32 heavy (non-hydrogen) atoms. The molecule has 0 aliphatic heterocycles. The maximum atomic E-state index is 12.8. The average molecular weight is 448 g/mol. The Morgan fingerprint density at radius 2 is 1.78 bits per heavy atom. The molecular formula is C26H26ClN3O2. The molecule has 1 unspecified atom stereocenters. The van der Waals surface area contributed by atoms with Gasteiger partial charge in [0.2, 0.25) is 0 Å². The number of benzene rings is 3. The molecule has 0 bridgehead atoms. The summed E-state index contributed by atoms with van der Waals surface area (Å²) in [5, 5.41) is 3.80. The fourth-order valence-electron chi connectivity index (χ4n) is 3.77. The number of amides is 1. The molecule has 1 aromatic heterocycles. The number of para-hydroxylation sites is 2. The largest absolute Gasteiger partial charge is 0.494 e. The van der Waals surface area contributed by atoms with Crippen LogP contribution in [0.3, 0.4) is 0 Å². The maximum absolute atomic E-state index is 12.8. The highest BCUT2D eigenvalue weighted by molar-refractivity contribution is 6.30. The van der Waals surface area contributed by atoms with E-state index >= 15 is 0 Å². The van der Waals surface area contributed by atoms with Crippen molar-refractivity contribution in [3.8, 4) is 5.75 Å². The van der Waals surface area contributed by atoms with Crippen molar-refractivity contribution in [1.82, 2.24) is 14.9 Å². The minimum atomic E-state index is -0.244. The van der Waals surface area contributed by atoms with Crippen molar-refractivity contribution < 1.29 is 9.53 Å². The third-order valence-corrected chi connectivity index (χ3v) is 5.67. The summed E-state index contributed by atoms with van der Waals surface area (Å²) in [4.78, 5) is 17.7. The fourth-order valence-corrected chi connectivity index (χ4v) is 3.90. The molecule has 3 aromatic carbocycles. The number of carbonyl (C=O) groups is 1. The van der Waals surface area contributed by atoms with Crippen LogP contribution in [0.25, 0.3) is 11.0 Å². The van der Waals surface area contributed by atoms with Gasteiger partial charge in [-0.1, -0.05) is 41.9 Å². The monoisotopic (exact) mass is 447 g/mol. The first-order chi connectivity index (χ1) is 15.5. The molecule has 1 heterocycles. The number of rotatable bonds is 8. The number of nitrogens with one attached hydrogen (secondary N) is 1. The summed E-state index contributed by atoms with van der Waals surface area (Å²) < 4.78 is 8.02. The Hall–Kier alpha value is -3.31. The first-order valence-corrected chi connectivity index (χ1v) is 11.1. The van der Waals surface area contributed by atoms with Crippen LogP contribution in [0.5, 0.6) is 5.75 Å². The van der Waals surface area contributed by atoms with Gasteiger partial charge in [-0.3, -0.25) is 4.79 Å². The van der Waals surface area contributed by atoms with Crippen LogP contribution in [0.1, 0.15) is 41.1 Å². The van der Waals surface area contributed by atoms with Crippen molar-refractivity contribution in [2.24, 2.45) is 0 Å².